The third-order valence-electron chi connectivity index (χ3n) is 6.66. The van der Waals surface area contributed by atoms with Crippen LogP contribution in [0.3, 0.4) is 0 Å². The lowest BCUT2D eigenvalue weighted by Gasteiger charge is -2.36. The van der Waals surface area contributed by atoms with Gasteiger partial charge in [-0.3, -0.25) is 4.79 Å². The van der Waals surface area contributed by atoms with Crippen LogP contribution in [0.25, 0.3) is 16.6 Å². The fourth-order valence-electron chi connectivity index (χ4n) is 4.88. The quantitative estimate of drug-likeness (QED) is 0.631. The molecule has 3 aromatic rings. The van der Waals surface area contributed by atoms with Crippen LogP contribution in [0.4, 0.5) is 5.82 Å². The highest BCUT2D eigenvalue weighted by atomic mass is 16.5. The van der Waals surface area contributed by atoms with Crippen LogP contribution in [0.5, 0.6) is 0 Å². The maximum absolute atomic E-state index is 13.1. The topological polar surface area (TPSA) is 76.4 Å². The zero-order valence-electron chi connectivity index (χ0n) is 19.0. The highest BCUT2D eigenvalue weighted by Crippen LogP contribution is 2.32. The molecule has 32 heavy (non-hydrogen) atoms. The van der Waals surface area contributed by atoms with E-state index in [1.54, 1.807) is 0 Å². The molecule has 8 heteroatoms. The van der Waals surface area contributed by atoms with Crippen molar-refractivity contribution in [1.82, 2.24) is 24.9 Å². The molecule has 0 N–H and O–H groups in total. The number of carbonyl (C=O) groups excluding carboxylic acids is 1. The lowest BCUT2D eigenvalue weighted by atomic mass is 9.96. The van der Waals surface area contributed by atoms with Gasteiger partial charge in [0.1, 0.15) is 5.52 Å². The van der Waals surface area contributed by atoms with Gasteiger partial charge in [-0.25, -0.2) is 4.68 Å². The first kappa shape index (κ1) is 20.9. The van der Waals surface area contributed by atoms with Gasteiger partial charge in [-0.15, -0.1) is 5.10 Å². The van der Waals surface area contributed by atoms with E-state index in [1.807, 2.05) is 16.5 Å². The van der Waals surface area contributed by atoms with Crippen LogP contribution in [0.15, 0.2) is 24.3 Å². The maximum Gasteiger partial charge on any atom is 0.227 e. The first-order valence-electron chi connectivity index (χ1n) is 11.4. The van der Waals surface area contributed by atoms with Crippen molar-refractivity contribution in [2.45, 2.75) is 33.6 Å². The van der Waals surface area contributed by atoms with Gasteiger partial charge in [0.2, 0.25) is 5.91 Å². The Morgan fingerprint density at radius 3 is 2.53 bits per heavy atom. The third kappa shape index (κ3) is 3.72. The summed E-state index contributed by atoms with van der Waals surface area (Å²) in [4.78, 5) is 17.3. The summed E-state index contributed by atoms with van der Waals surface area (Å²) in [5.74, 6) is 0.981. The van der Waals surface area contributed by atoms with Crippen molar-refractivity contribution in [3.8, 4) is 5.69 Å². The van der Waals surface area contributed by atoms with Crippen LogP contribution in [-0.2, 0) is 9.53 Å². The number of piperidine rings is 1. The molecule has 2 fully saturated rings. The number of rotatable bonds is 3. The van der Waals surface area contributed by atoms with Crippen molar-refractivity contribution in [3.05, 3.63) is 41.2 Å². The molecule has 0 unspecified atom stereocenters. The molecule has 8 nitrogen and oxygen atoms in total. The standard InChI is InChI=1S/C24H30N6O2/c1-16-6-8-20(9-7-16)30-18(3)21-17(2)25-26-23(22(21)27-30)29-10-4-5-19(15-29)24(31)28-11-13-32-14-12-28/h6-9,19H,4-5,10-15H2,1-3H3/t19-/m0/s1. The second-order valence-electron chi connectivity index (χ2n) is 8.89. The molecule has 0 bridgehead atoms. The summed E-state index contributed by atoms with van der Waals surface area (Å²) in [6.45, 7) is 10.3. The number of nitrogens with zero attached hydrogens (tertiary/aromatic N) is 6. The summed E-state index contributed by atoms with van der Waals surface area (Å²) >= 11 is 0. The van der Waals surface area contributed by atoms with E-state index in [2.05, 4.69) is 53.2 Å². The Morgan fingerprint density at radius 2 is 1.78 bits per heavy atom. The van der Waals surface area contributed by atoms with Gasteiger partial charge in [0.15, 0.2) is 5.82 Å². The molecule has 2 aliphatic rings. The predicted molar refractivity (Wildman–Crippen MR) is 123 cm³/mol. The normalized spacial score (nSPS) is 19.5. The summed E-state index contributed by atoms with van der Waals surface area (Å²) in [6.07, 6.45) is 1.86. The number of benzene rings is 1. The van der Waals surface area contributed by atoms with Crippen molar-refractivity contribution < 1.29 is 9.53 Å². The number of carbonyl (C=O) groups is 1. The predicted octanol–water partition coefficient (Wildman–Crippen LogP) is 2.82. The molecule has 2 aromatic heterocycles. The summed E-state index contributed by atoms with van der Waals surface area (Å²) in [7, 11) is 0. The van der Waals surface area contributed by atoms with E-state index in [9.17, 15) is 4.79 Å². The molecule has 1 amide bonds. The molecule has 0 spiro atoms. The maximum atomic E-state index is 13.1. The van der Waals surface area contributed by atoms with Crippen LogP contribution >= 0.6 is 0 Å². The number of fused-ring (bicyclic) bond motifs is 1. The van der Waals surface area contributed by atoms with Crippen molar-refractivity contribution >= 4 is 22.6 Å². The fourth-order valence-corrected chi connectivity index (χ4v) is 4.88. The Labute approximate surface area is 188 Å². The van der Waals surface area contributed by atoms with E-state index in [-0.39, 0.29) is 11.8 Å². The Hall–Kier alpha value is -3.00. The van der Waals surface area contributed by atoms with Crippen LogP contribution in [-0.4, -0.2) is 70.2 Å². The van der Waals surface area contributed by atoms with Crippen molar-refractivity contribution in [2.24, 2.45) is 5.92 Å². The lowest BCUT2D eigenvalue weighted by molar-refractivity contribution is -0.139. The van der Waals surface area contributed by atoms with E-state index in [0.717, 1.165) is 53.2 Å². The molecule has 5 rings (SSSR count). The average Bonchev–Trinajstić information content (AvgIpc) is 3.18. The number of morpholine rings is 1. The summed E-state index contributed by atoms with van der Waals surface area (Å²) < 4.78 is 7.39. The Bertz CT molecular complexity index is 1130. The number of amides is 1. The molecular formula is C24H30N6O2. The first-order valence-corrected chi connectivity index (χ1v) is 11.4. The number of ether oxygens (including phenoxy) is 1. The fraction of sp³-hybridized carbons (Fsp3) is 0.500. The van der Waals surface area contributed by atoms with E-state index in [4.69, 9.17) is 9.84 Å². The minimum atomic E-state index is -0.0275. The molecule has 0 saturated carbocycles. The van der Waals surface area contributed by atoms with E-state index < -0.39 is 0 Å². The lowest BCUT2D eigenvalue weighted by Crippen LogP contribution is -2.48. The molecule has 168 valence electrons. The molecule has 0 radical (unpaired) electrons. The SMILES string of the molecule is Cc1ccc(-n2nc3c(N4CCC[C@H](C(=O)N5CCOCC5)C4)nnc(C)c3c2C)cc1. The van der Waals surface area contributed by atoms with Crippen molar-refractivity contribution in [3.63, 3.8) is 0 Å². The highest BCUT2D eigenvalue weighted by molar-refractivity contribution is 5.92. The number of hydrogen-bond acceptors (Lipinski definition) is 6. The number of aryl methyl sites for hydroxylation is 3. The smallest absolute Gasteiger partial charge is 0.227 e. The molecule has 1 atom stereocenters. The molecular weight excluding hydrogens is 404 g/mol. The van der Waals surface area contributed by atoms with Crippen LogP contribution in [0.1, 0.15) is 29.8 Å². The largest absolute Gasteiger partial charge is 0.378 e. The summed E-state index contributed by atoms with van der Waals surface area (Å²) in [5.41, 5.74) is 5.02. The number of anilines is 1. The minimum absolute atomic E-state index is 0.0275. The molecule has 2 saturated heterocycles. The third-order valence-corrected chi connectivity index (χ3v) is 6.66. The highest BCUT2D eigenvalue weighted by Gasteiger charge is 2.32. The number of hydrogen-bond donors (Lipinski definition) is 0. The second kappa shape index (κ2) is 8.50. The van der Waals surface area contributed by atoms with Crippen molar-refractivity contribution in [2.75, 3.05) is 44.3 Å². The zero-order valence-corrected chi connectivity index (χ0v) is 19.0. The van der Waals surface area contributed by atoms with Gasteiger partial charge in [0, 0.05) is 26.2 Å². The second-order valence-corrected chi connectivity index (χ2v) is 8.89. The Morgan fingerprint density at radius 1 is 1.03 bits per heavy atom. The van der Waals surface area contributed by atoms with Crippen LogP contribution < -0.4 is 4.90 Å². The Balaban J connectivity index is 1.48. The number of aromatic nitrogens is 4. The van der Waals surface area contributed by atoms with Gasteiger partial charge in [-0.2, -0.15) is 10.2 Å². The van der Waals surface area contributed by atoms with Gasteiger partial charge < -0.3 is 14.5 Å². The van der Waals surface area contributed by atoms with E-state index in [0.29, 0.717) is 32.8 Å². The molecule has 0 aliphatic carbocycles. The van der Waals surface area contributed by atoms with E-state index >= 15 is 0 Å². The van der Waals surface area contributed by atoms with Gasteiger partial charge in [0.25, 0.3) is 0 Å². The average molecular weight is 435 g/mol. The monoisotopic (exact) mass is 434 g/mol. The molecule has 2 aliphatic heterocycles. The zero-order chi connectivity index (χ0) is 22.2. The van der Waals surface area contributed by atoms with Gasteiger partial charge in [-0.1, -0.05) is 17.7 Å². The van der Waals surface area contributed by atoms with Crippen LogP contribution in [0.2, 0.25) is 0 Å². The van der Waals surface area contributed by atoms with Crippen LogP contribution in [0, 0.1) is 26.7 Å². The minimum Gasteiger partial charge on any atom is -0.378 e. The van der Waals surface area contributed by atoms with Gasteiger partial charge >= 0.3 is 0 Å². The van der Waals surface area contributed by atoms with Gasteiger partial charge in [-0.05, 0) is 45.7 Å². The summed E-state index contributed by atoms with van der Waals surface area (Å²) in [6, 6.07) is 8.36. The summed E-state index contributed by atoms with van der Waals surface area (Å²) in [5, 5.41) is 15.0. The first-order chi connectivity index (χ1) is 15.5. The van der Waals surface area contributed by atoms with Gasteiger partial charge in [0.05, 0.1) is 41.6 Å². The molecule has 1 aromatic carbocycles. The molecule has 4 heterocycles. The Kier molecular flexibility index (Phi) is 5.55. The van der Waals surface area contributed by atoms with Crippen molar-refractivity contribution in [1.29, 1.82) is 0 Å². The van der Waals surface area contributed by atoms with E-state index in [1.165, 1.54) is 5.56 Å².